The summed E-state index contributed by atoms with van der Waals surface area (Å²) in [7, 11) is -2.99. The number of carbonyl (C=O) groups is 3. The fraction of sp³-hybridized carbons (Fsp3) is 0.636. The first-order chi connectivity index (χ1) is 28.5. The summed E-state index contributed by atoms with van der Waals surface area (Å²) in [4.78, 5) is 43.0. The van der Waals surface area contributed by atoms with Crippen molar-refractivity contribution in [2.24, 2.45) is 0 Å². The minimum absolute atomic E-state index is 0.0234. The molecule has 0 saturated carbocycles. The third kappa shape index (κ3) is 13.9. The van der Waals surface area contributed by atoms with E-state index in [-0.39, 0.29) is 37.5 Å². The molecule has 4 rings (SSSR count). The van der Waals surface area contributed by atoms with E-state index in [1.54, 1.807) is 77.6 Å². The fourth-order valence-electron chi connectivity index (χ4n) is 7.20. The second-order valence-electron chi connectivity index (χ2n) is 17.9. The first-order valence-electron chi connectivity index (χ1n) is 21.4. The zero-order valence-corrected chi connectivity index (χ0v) is 40.2. The second kappa shape index (κ2) is 20.8. The van der Waals surface area contributed by atoms with Gasteiger partial charge in [0.25, 0.3) is 0 Å². The molecule has 1 aliphatic rings. The lowest BCUT2D eigenvalue weighted by molar-refractivity contribution is -0.128. The molecule has 1 fully saturated rings. The van der Waals surface area contributed by atoms with Gasteiger partial charge in [0, 0.05) is 45.0 Å². The molecule has 61 heavy (non-hydrogen) atoms. The zero-order valence-electron chi connectivity index (χ0n) is 38.4. The Balaban J connectivity index is 1.69. The highest BCUT2D eigenvalue weighted by atomic mass is 32.2. The number of carbonyl (C=O) groups excluding carboxylic acids is 3. The van der Waals surface area contributed by atoms with E-state index < -0.39 is 47.8 Å². The summed E-state index contributed by atoms with van der Waals surface area (Å²) in [6.45, 7) is 17.7. The number of ether oxygens (including phenoxy) is 4. The molecule has 1 saturated heterocycles. The van der Waals surface area contributed by atoms with Gasteiger partial charge >= 0.3 is 12.2 Å². The Bertz CT molecular complexity index is 2060. The number of aromatic nitrogens is 2. The lowest BCUT2D eigenvalue weighted by Gasteiger charge is -2.37. The predicted octanol–water partition coefficient (Wildman–Crippen LogP) is 8.84. The van der Waals surface area contributed by atoms with Gasteiger partial charge in [-0.3, -0.25) is 4.79 Å². The van der Waals surface area contributed by atoms with Crippen LogP contribution in [0.2, 0.25) is 18.1 Å². The van der Waals surface area contributed by atoms with Gasteiger partial charge in [0.05, 0.1) is 42.3 Å². The maximum atomic E-state index is 14.0. The van der Waals surface area contributed by atoms with Crippen LogP contribution in [0, 0.1) is 0 Å². The van der Waals surface area contributed by atoms with Gasteiger partial charge in [-0.2, -0.15) is 9.40 Å². The van der Waals surface area contributed by atoms with Gasteiger partial charge in [-0.1, -0.05) is 32.9 Å². The standard InChI is InChI=1S/C44H69N5O10SSi/c1-13-61(14-2,15-3)59-38(32-19-18-20-33(29-32)49(60(12,53)54)42(52)58-44(7,8)9)31-47(41(51)57-43(4,5)6)26-28-55-34-22-23-35-36(24-25-39(50)46(10)11)45-48(37(35)30-34)40-21-16-17-27-56-40/h18-20,22-23,29-30,38,40H,13-17,21,24-28,31H2,1-12H3/t38-,40?/m0/s1. The zero-order chi connectivity index (χ0) is 45.3. The molecule has 3 aromatic rings. The van der Waals surface area contributed by atoms with E-state index in [0.29, 0.717) is 35.1 Å². The Morgan fingerprint density at radius 1 is 0.934 bits per heavy atom. The smallest absolute Gasteiger partial charge is 0.428 e. The van der Waals surface area contributed by atoms with Crippen molar-refractivity contribution in [2.45, 2.75) is 136 Å². The van der Waals surface area contributed by atoms with Crippen LogP contribution in [-0.4, -0.2) is 112 Å². The van der Waals surface area contributed by atoms with Crippen LogP contribution in [0.4, 0.5) is 15.3 Å². The van der Waals surface area contributed by atoms with Crippen molar-refractivity contribution in [3.05, 3.63) is 53.7 Å². The molecule has 0 aliphatic carbocycles. The first-order valence-corrected chi connectivity index (χ1v) is 25.8. The van der Waals surface area contributed by atoms with Crippen molar-refractivity contribution >= 4 is 53.0 Å². The van der Waals surface area contributed by atoms with E-state index in [4.69, 9.17) is 28.5 Å². The van der Waals surface area contributed by atoms with Crippen LogP contribution in [0.3, 0.4) is 0 Å². The summed E-state index contributed by atoms with van der Waals surface area (Å²) in [6, 6.07) is 14.8. The molecule has 2 heterocycles. The van der Waals surface area contributed by atoms with Crippen LogP contribution in [0.25, 0.3) is 10.9 Å². The molecule has 0 radical (unpaired) electrons. The van der Waals surface area contributed by atoms with Gasteiger partial charge in [0.1, 0.15) is 23.6 Å². The lowest BCUT2D eigenvalue weighted by Crippen LogP contribution is -2.45. The van der Waals surface area contributed by atoms with Gasteiger partial charge in [-0.15, -0.1) is 0 Å². The number of nitrogens with zero attached hydrogens (tertiary/aromatic N) is 5. The predicted molar refractivity (Wildman–Crippen MR) is 240 cm³/mol. The average Bonchev–Trinajstić information content (AvgIpc) is 3.54. The van der Waals surface area contributed by atoms with Crippen LogP contribution in [0.1, 0.15) is 112 Å². The Hall–Kier alpha value is -4.19. The van der Waals surface area contributed by atoms with Crippen LogP contribution >= 0.6 is 0 Å². The van der Waals surface area contributed by atoms with E-state index >= 15 is 0 Å². The number of rotatable bonds is 18. The molecular formula is C44H69N5O10SSi. The second-order valence-corrected chi connectivity index (χ2v) is 24.5. The van der Waals surface area contributed by atoms with Gasteiger partial charge in [-0.05, 0) is 109 Å². The van der Waals surface area contributed by atoms with Gasteiger partial charge < -0.3 is 33.2 Å². The summed E-state index contributed by atoms with van der Waals surface area (Å²) < 4.78 is 59.7. The maximum Gasteiger partial charge on any atom is 0.428 e. The van der Waals surface area contributed by atoms with Crippen LogP contribution in [0.15, 0.2) is 42.5 Å². The number of hydrogen-bond acceptors (Lipinski definition) is 11. The fourth-order valence-corrected chi connectivity index (χ4v) is 10.8. The Kier molecular flexibility index (Phi) is 16.9. The summed E-state index contributed by atoms with van der Waals surface area (Å²) in [5, 5.41) is 5.86. The monoisotopic (exact) mass is 887 g/mol. The van der Waals surface area contributed by atoms with Crippen molar-refractivity contribution < 1.29 is 46.2 Å². The average molecular weight is 888 g/mol. The minimum atomic E-state index is -4.11. The molecular weight excluding hydrogens is 819 g/mol. The third-order valence-corrected chi connectivity index (χ3v) is 16.3. The van der Waals surface area contributed by atoms with E-state index in [2.05, 4.69) is 20.8 Å². The highest BCUT2D eigenvalue weighted by Gasteiger charge is 2.36. The maximum absolute atomic E-state index is 14.0. The SMILES string of the molecule is CC[Si](CC)(CC)O[C@@H](CN(CCOc1ccc2c(CCC(=O)N(C)C)nn(C3CCCCO3)c2c1)C(=O)OC(C)(C)C)c1cccc(N(C(=O)OC(C)(C)C)S(C)(=O)=O)c1. The van der Waals surface area contributed by atoms with Crippen molar-refractivity contribution in [1.82, 2.24) is 19.6 Å². The normalized spacial score (nSPS) is 15.6. The number of fused-ring (bicyclic) bond motifs is 1. The van der Waals surface area contributed by atoms with Crippen LogP contribution in [-0.2, 0) is 39.9 Å². The highest BCUT2D eigenvalue weighted by Crippen LogP contribution is 2.34. The number of anilines is 1. The number of benzene rings is 2. The summed E-state index contributed by atoms with van der Waals surface area (Å²) in [5.74, 6) is 0.595. The number of hydrogen-bond donors (Lipinski definition) is 0. The number of amides is 3. The van der Waals surface area contributed by atoms with Crippen LogP contribution < -0.4 is 9.04 Å². The van der Waals surface area contributed by atoms with E-state index in [1.807, 2.05) is 28.9 Å². The van der Waals surface area contributed by atoms with Crippen molar-refractivity contribution in [1.29, 1.82) is 0 Å². The van der Waals surface area contributed by atoms with Crippen molar-refractivity contribution in [3.63, 3.8) is 0 Å². The van der Waals surface area contributed by atoms with Gasteiger partial charge in [0.2, 0.25) is 15.9 Å². The van der Waals surface area contributed by atoms with E-state index in [1.165, 1.54) is 6.07 Å². The lowest BCUT2D eigenvalue weighted by atomic mass is 10.1. The molecule has 3 amide bonds. The summed E-state index contributed by atoms with van der Waals surface area (Å²) in [6.07, 6.45) is 2.05. The van der Waals surface area contributed by atoms with E-state index in [9.17, 15) is 22.8 Å². The largest absolute Gasteiger partial charge is 0.492 e. The molecule has 340 valence electrons. The summed E-state index contributed by atoms with van der Waals surface area (Å²) in [5.41, 5.74) is 0.582. The third-order valence-electron chi connectivity index (χ3n) is 10.6. The highest BCUT2D eigenvalue weighted by molar-refractivity contribution is 7.92. The van der Waals surface area contributed by atoms with Crippen LogP contribution in [0.5, 0.6) is 5.75 Å². The molecule has 15 nitrogen and oxygen atoms in total. The van der Waals surface area contributed by atoms with Crippen molar-refractivity contribution in [2.75, 3.05) is 51.0 Å². The molecule has 17 heteroatoms. The number of aryl methyl sites for hydroxylation is 1. The topological polar surface area (TPSA) is 159 Å². The minimum Gasteiger partial charge on any atom is -0.492 e. The van der Waals surface area contributed by atoms with Gasteiger partial charge in [-0.25, -0.2) is 22.7 Å². The Morgan fingerprint density at radius 2 is 1.59 bits per heavy atom. The Labute approximate surface area is 364 Å². The molecule has 2 atom stereocenters. The molecule has 2 aromatic carbocycles. The number of sulfonamides is 1. The molecule has 0 N–H and O–H groups in total. The molecule has 1 aliphatic heterocycles. The van der Waals surface area contributed by atoms with E-state index in [0.717, 1.165) is 60.2 Å². The molecule has 1 aromatic heterocycles. The van der Waals surface area contributed by atoms with Crippen molar-refractivity contribution in [3.8, 4) is 5.75 Å². The molecule has 1 unspecified atom stereocenters. The molecule has 0 spiro atoms. The first kappa shape index (κ1) is 49.5. The molecule has 0 bridgehead atoms. The Morgan fingerprint density at radius 3 is 2.16 bits per heavy atom. The summed E-state index contributed by atoms with van der Waals surface area (Å²) >= 11 is 0. The quantitative estimate of drug-likeness (QED) is 0.112. The van der Waals surface area contributed by atoms with Gasteiger partial charge in [0.15, 0.2) is 14.5 Å².